The van der Waals surface area contributed by atoms with Crippen molar-refractivity contribution in [2.75, 3.05) is 6.54 Å². The van der Waals surface area contributed by atoms with E-state index in [1.165, 1.54) is 32.1 Å². The summed E-state index contributed by atoms with van der Waals surface area (Å²) in [6, 6.07) is 0.655. The molecule has 0 aromatic heterocycles. The predicted molar refractivity (Wildman–Crippen MR) is 65.2 cm³/mol. The van der Waals surface area contributed by atoms with Crippen molar-refractivity contribution >= 4 is 5.91 Å². The molecule has 2 N–H and O–H groups in total. The number of amides is 1. The molecule has 0 aromatic rings. The Morgan fingerprint density at radius 1 is 1.31 bits per heavy atom. The summed E-state index contributed by atoms with van der Waals surface area (Å²) in [5, 5.41) is 6.51. The van der Waals surface area contributed by atoms with E-state index >= 15 is 0 Å². The van der Waals surface area contributed by atoms with Crippen LogP contribution in [0.2, 0.25) is 0 Å². The van der Waals surface area contributed by atoms with Crippen molar-refractivity contribution in [1.29, 1.82) is 0 Å². The number of piperidine rings is 1. The number of rotatable bonds is 3. The van der Waals surface area contributed by atoms with E-state index in [1.54, 1.807) is 0 Å². The average molecular weight is 224 g/mol. The van der Waals surface area contributed by atoms with Crippen molar-refractivity contribution in [3.8, 4) is 0 Å². The van der Waals surface area contributed by atoms with Gasteiger partial charge in [0.2, 0.25) is 5.91 Å². The predicted octanol–water partition coefficient (Wildman–Crippen LogP) is 1.82. The van der Waals surface area contributed by atoms with Gasteiger partial charge in [-0.05, 0) is 31.6 Å². The summed E-state index contributed by atoms with van der Waals surface area (Å²) in [5.41, 5.74) is 0. The van der Waals surface area contributed by atoms with E-state index < -0.39 is 0 Å². The van der Waals surface area contributed by atoms with E-state index in [1.807, 2.05) is 0 Å². The minimum absolute atomic E-state index is 0.0781. The summed E-state index contributed by atoms with van der Waals surface area (Å²) < 4.78 is 0. The molecule has 2 fully saturated rings. The largest absolute Gasteiger partial charge is 0.355 e. The van der Waals surface area contributed by atoms with E-state index in [4.69, 9.17) is 0 Å². The van der Waals surface area contributed by atoms with Crippen molar-refractivity contribution in [2.45, 2.75) is 64.0 Å². The normalized spacial score (nSPS) is 35.8. The Morgan fingerprint density at radius 2 is 2.19 bits per heavy atom. The maximum Gasteiger partial charge on any atom is 0.237 e. The minimum Gasteiger partial charge on any atom is -0.355 e. The highest BCUT2D eigenvalue weighted by atomic mass is 16.2. The molecule has 92 valence electrons. The molecule has 3 heteroatoms. The standard InChI is InChI=1S/C13H24N2O/c1-2-10-5-3-6-11(9-10)15-12-7-4-8-14-13(12)16/h10-12,15H,2-9H2,1H3,(H,14,16). The molecule has 3 atom stereocenters. The lowest BCUT2D eigenvalue weighted by atomic mass is 9.83. The first-order valence-corrected chi connectivity index (χ1v) is 6.83. The Bertz CT molecular complexity index is 242. The van der Waals surface area contributed by atoms with Crippen LogP contribution in [0.5, 0.6) is 0 Å². The van der Waals surface area contributed by atoms with Gasteiger partial charge in [0, 0.05) is 12.6 Å². The Kier molecular flexibility index (Phi) is 4.22. The SMILES string of the molecule is CCC1CCCC(NC2CCCNC2=O)C1. The molecule has 1 heterocycles. The van der Waals surface area contributed by atoms with Crippen LogP contribution in [0.1, 0.15) is 51.9 Å². The van der Waals surface area contributed by atoms with Gasteiger partial charge in [-0.2, -0.15) is 0 Å². The fourth-order valence-corrected chi connectivity index (χ4v) is 3.03. The molecule has 1 saturated carbocycles. The van der Waals surface area contributed by atoms with Crippen LogP contribution < -0.4 is 10.6 Å². The van der Waals surface area contributed by atoms with Crippen LogP contribution in [-0.4, -0.2) is 24.5 Å². The summed E-state index contributed by atoms with van der Waals surface area (Å²) in [4.78, 5) is 11.6. The summed E-state index contributed by atoms with van der Waals surface area (Å²) >= 11 is 0. The van der Waals surface area contributed by atoms with E-state index in [-0.39, 0.29) is 11.9 Å². The molecular formula is C13H24N2O. The van der Waals surface area contributed by atoms with Crippen molar-refractivity contribution in [3.63, 3.8) is 0 Å². The third-order valence-electron chi connectivity index (χ3n) is 4.08. The molecule has 1 aliphatic heterocycles. The molecule has 0 bridgehead atoms. The highest BCUT2D eigenvalue weighted by molar-refractivity contribution is 5.82. The van der Waals surface area contributed by atoms with Crippen LogP contribution in [0.25, 0.3) is 0 Å². The second-order valence-corrected chi connectivity index (χ2v) is 5.29. The number of carbonyl (C=O) groups is 1. The summed E-state index contributed by atoms with van der Waals surface area (Å²) in [7, 11) is 0. The third kappa shape index (κ3) is 2.97. The zero-order valence-electron chi connectivity index (χ0n) is 10.3. The van der Waals surface area contributed by atoms with Crippen LogP contribution in [0.15, 0.2) is 0 Å². The summed E-state index contributed by atoms with van der Waals surface area (Å²) in [6.07, 6.45) is 8.64. The first kappa shape index (κ1) is 11.9. The lowest BCUT2D eigenvalue weighted by Gasteiger charge is -2.33. The van der Waals surface area contributed by atoms with Gasteiger partial charge in [-0.15, -0.1) is 0 Å². The quantitative estimate of drug-likeness (QED) is 0.768. The first-order valence-electron chi connectivity index (χ1n) is 6.83. The van der Waals surface area contributed by atoms with Crippen molar-refractivity contribution in [3.05, 3.63) is 0 Å². The Hall–Kier alpha value is -0.570. The average Bonchev–Trinajstić information content (AvgIpc) is 2.32. The molecule has 0 radical (unpaired) electrons. The van der Waals surface area contributed by atoms with Crippen LogP contribution in [-0.2, 0) is 4.79 Å². The number of hydrogen-bond acceptors (Lipinski definition) is 2. The topological polar surface area (TPSA) is 41.1 Å². The molecule has 3 unspecified atom stereocenters. The van der Waals surface area contributed by atoms with Crippen molar-refractivity contribution in [2.24, 2.45) is 5.92 Å². The van der Waals surface area contributed by atoms with Gasteiger partial charge in [0.25, 0.3) is 0 Å². The molecule has 2 aliphatic rings. The lowest BCUT2D eigenvalue weighted by molar-refractivity contribution is -0.124. The highest BCUT2D eigenvalue weighted by Crippen LogP contribution is 2.27. The van der Waals surface area contributed by atoms with E-state index in [0.717, 1.165) is 25.3 Å². The van der Waals surface area contributed by atoms with Gasteiger partial charge in [0.05, 0.1) is 6.04 Å². The molecule has 1 saturated heterocycles. The van der Waals surface area contributed by atoms with Gasteiger partial charge in [0.15, 0.2) is 0 Å². The van der Waals surface area contributed by atoms with Crippen molar-refractivity contribution in [1.82, 2.24) is 10.6 Å². The summed E-state index contributed by atoms with van der Waals surface area (Å²) in [5.74, 6) is 1.09. The van der Waals surface area contributed by atoms with Gasteiger partial charge in [-0.3, -0.25) is 4.79 Å². The molecule has 1 aliphatic carbocycles. The smallest absolute Gasteiger partial charge is 0.237 e. The maximum absolute atomic E-state index is 11.6. The van der Waals surface area contributed by atoms with Crippen LogP contribution in [0.4, 0.5) is 0 Å². The Morgan fingerprint density at radius 3 is 2.94 bits per heavy atom. The van der Waals surface area contributed by atoms with Crippen molar-refractivity contribution < 1.29 is 4.79 Å². The van der Waals surface area contributed by atoms with Crippen LogP contribution in [0, 0.1) is 5.92 Å². The van der Waals surface area contributed by atoms with Gasteiger partial charge in [-0.1, -0.05) is 26.2 Å². The van der Waals surface area contributed by atoms with E-state index in [9.17, 15) is 4.79 Å². The molecule has 1 amide bonds. The van der Waals surface area contributed by atoms with Crippen LogP contribution in [0.3, 0.4) is 0 Å². The highest BCUT2D eigenvalue weighted by Gasteiger charge is 2.27. The summed E-state index contributed by atoms with van der Waals surface area (Å²) in [6.45, 7) is 3.14. The fourth-order valence-electron chi connectivity index (χ4n) is 3.03. The van der Waals surface area contributed by atoms with E-state index in [2.05, 4.69) is 17.6 Å². The van der Waals surface area contributed by atoms with Gasteiger partial charge >= 0.3 is 0 Å². The lowest BCUT2D eigenvalue weighted by Crippen LogP contribution is -2.52. The second kappa shape index (κ2) is 5.67. The zero-order valence-corrected chi connectivity index (χ0v) is 10.3. The molecule has 3 nitrogen and oxygen atoms in total. The van der Waals surface area contributed by atoms with Gasteiger partial charge in [0.1, 0.15) is 0 Å². The molecule has 0 spiro atoms. The van der Waals surface area contributed by atoms with Crippen LogP contribution >= 0.6 is 0 Å². The number of hydrogen-bond donors (Lipinski definition) is 2. The first-order chi connectivity index (χ1) is 7.79. The Balaban J connectivity index is 1.81. The monoisotopic (exact) mass is 224 g/mol. The number of carbonyl (C=O) groups excluding carboxylic acids is 1. The minimum atomic E-state index is 0.0781. The molecule has 0 aromatic carbocycles. The van der Waals surface area contributed by atoms with E-state index in [0.29, 0.717) is 6.04 Å². The molecular weight excluding hydrogens is 200 g/mol. The second-order valence-electron chi connectivity index (χ2n) is 5.29. The van der Waals surface area contributed by atoms with Gasteiger partial charge < -0.3 is 10.6 Å². The zero-order chi connectivity index (χ0) is 11.4. The fraction of sp³-hybridized carbons (Fsp3) is 0.923. The third-order valence-corrected chi connectivity index (χ3v) is 4.08. The van der Waals surface area contributed by atoms with Gasteiger partial charge in [-0.25, -0.2) is 0 Å². The molecule has 2 rings (SSSR count). The number of nitrogens with one attached hydrogen (secondary N) is 2. The maximum atomic E-state index is 11.6. The molecule has 16 heavy (non-hydrogen) atoms. The Labute approximate surface area is 98.4 Å².